The molecule has 24 heavy (non-hydrogen) atoms. The van der Waals surface area contributed by atoms with Crippen molar-refractivity contribution >= 4 is 36.4 Å². The Labute approximate surface area is 141 Å². The molecule has 1 amide bonds. The van der Waals surface area contributed by atoms with Gasteiger partial charge in [0.2, 0.25) is 0 Å². The molecule has 2 aromatic carbocycles. The van der Waals surface area contributed by atoms with E-state index in [0.717, 1.165) is 21.9 Å². The molecule has 6 nitrogen and oxygen atoms in total. The fourth-order valence-corrected chi connectivity index (χ4v) is 3.86. The Kier molecular flexibility index (Phi) is 4.48. The molecule has 0 aliphatic rings. The first-order valence-electron chi connectivity index (χ1n) is 7.51. The predicted molar refractivity (Wildman–Crippen MR) is 95.8 cm³/mol. The molecule has 0 saturated heterocycles. The van der Waals surface area contributed by atoms with Crippen LogP contribution in [0.3, 0.4) is 0 Å². The lowest BCUT2D eigenvalue weighted by Gasteiger charge is -2.23. The number of H-pyrrole nitrogens is 1. The van der Waals surface area contributed by atoms with Crippen LogP contribution in [0.1, 0.15) is 10.4 Å². The summed E-state index contributed by atoms with van der Waals surface area (Å²) in [6.45, 7) is 1.97. The highest BCUT2D eigenvalue weighted by molar-refractivity contribution is 6.79. The van der Waals surface area contributed by atoms with Crippen molar-refractivity contribution in [1.82, 2.24) is 9.97 Å². The highest BCUT2D eigenvalue weighted by Crippen LogP contribution is 2.15. The number of nitrogens with zero attached hydrogens (tertiary/aromatic N) is 1. The van der Waals surface area contributed by atoms with E-state index in [1.807, 2.05) is 36.9 Å². The topological polar surface area (TPSA) is 76.2 Å². The number of aromatic nitrogens is 2. The second-order valence-corrected chi connectivity index (χ2v) is 8.81. The van der Waals surface area contributed by atoms with Gasteiger partial charge >= 0.3 is 8.56 Å². The number of hydrogen-bond acceptors (Lipinski definition) is 4. The van der Waals surface area contributed by atoms with Crippen molar-refractivity contribution in [2.75, 3.05) is 19.5 Å². The minimum atomic E-state index is -2.35. The largest absolute Gasteiger partial charge is 0.394 e. The number of carbonyl (C=O) groups excluding carboxylic acids is 1. The molecule has 0 unspecified atom stereocenters. The minimum absolute atomic E-state index is 0.175. The minimum Gasteiger partial charge on any atom is -0.394 e. The number of anilines is 1. The summed E-state index contributed by atoms with van der Waals surface area (Å²) in [5, 5.41) is 3.89. The summed E-state index contributed by atoms with van der Waals surface area (Å²) in [5.74, 6) is -0.175. The van der Waals surface area contributed by atoms with Gasteiger partial charge in [-0.15, -0.1) is 0 Å². The maximum Gasteiger partial charge on any atom is 0.368 e. The first kappa shape index (κ1) is 16.4. The van der Waals surface area contributed by atoms with Crippen LogP contribution >= 0.6 is 0 Å². The zero-order chi connectivity index (χ0) is 17.2. The Morgan fingerprint density at radius 2 is 1.83 bits per heavy atom. The average molecular weight is 341 g/mol. The molecule has 0 fully saturated rings. The van der Waals surface area contributed by atoms with Crippen LogP contribution in [0.2, 0.25) is 6.55 Å². The van der Waals surface area contributed by atoms with Crippen LogP contribution in [0.5, 0.6) is 0 Å². The summed E-state index contributed by atoms with van der Waals surface area (Å²) in [5.41, 5.74) is 2.94. The average Bonchev–Trinajstić information content (AvgIpc) is 3.09. The molecule has 0 radical (unpaired) electrons. The Bertz CT molecular complexity index is 857. The Morgan fingerprint density at radius 3 is 2.50 bits per heavy atom. The lowest BCUT2D eigenvalue weighted by atomic mass is 10.2. The van der Waals surface area contributed by atoms with Gasteiger partial charge in [0, 0.05) is 25.5 Å². The van der Waals surface area contributed by atoms with E-state index in [4.69, 9.17) is 8.85 Å². The zero-order valence-corrected chi connectivity index (χ0v) is 14.8. The molecule has 7 heteroatoms. The van der Waals surface area contributed by atoms with Crippen LogP contribution in [-0.4, -0.2) is 38.7 Å². The van der Waals surface area contributed by atoms with E-state index in [2.05, 4.69) is 15.3 Å². The molecule has 0 aliphatic carbocycles. The summed E-state index contributed by atoms with van der Waals surface area (Å²) in [7, 11) is 0.951. The van der Waals surface area contributed by atoms with Crippen molar-refractivity contribution in [3.05, 3.63) is 54.4 Å². The third-order valence-electron chi connectivity index (χ3n) is 4.13. The number of amides is 1. The van der Waals surface area contributed by atoms with E-state index >= 15 is 0 Å². The number of hydrogen-bond donors (Lipinski definition) is 2. The van der Waals surface area contributed by atoms with Gasteiger partial charge in [-0.1, -0.05) is 12.1 Å². The fourth-order valence-electron chi connectivity index (χ4n) is 2.45. The second kappa shape index (κ2) is 6.56. The maximum absolute atomic E-state index is 12.4. The number of aromatic amines is 1. The van der Waals surface area contributed by atoms with Gasteiger partial charge in [-0.05, 0) is 42.1 Å². The van der Waals surface area contributed by atoms with E-state index in [9.17, 15) is 4.79 Å². The molecule has 0 bridgehead atoms. The van der Waals surface area contributed by atoms with Crippen molar-refractivity contribution < 1.29 is 13.6 Å². The van der Waals surface area contributed by atoms with E-state index in [1.165, 1.54) is 0 Å². The highest BCUT2D eigenvalue weighted by atomic mass is 28.4. The second-order valence-electron chi connectivity index (χ2n) is 5.52. The molecule has 0 aliphatic heterocycles. The summed E-state index contributed by atoms with van der Waals surface area (Å²) >= 11 is 0. The third-order valence-corrected chi connectivity index (χ3v) is 7.07. The highest BCUT2D eigenvalue weighted by Gasteiger charge is 2.31. The first-order chi connectivity index (χ1) is 11.6. The van der Waals surface area contributed by atoms with Crippen molar-refractivity contribution in [3.8, 4) is 0 Å². The van der Waals surface area contributed by atoms with E-state index < -0.39 is 8.56 Å². The molecule has 0 saturated carbocycles. The molecule has 1 heterocycles. The molecule has 2 N–H and O–H groups in total. The quantitative estimate of drug-likeness (QED) is 0.699. The van der Waals surface area contributed by atoms with Gasteiger partial charge < -0.3 is 19.2 Å². The molecule has 3 aromatic rings. The monoisotopic (exact) mass is 341 g/mol. The van der Waals surface area contributed by atoms with Crippen molar-refractivity contribution in [2.24, 2.45) is 0 Å². The summed E-state index contributed by atoms with van der Waals surface area (Å²) in [4.78, 5) is 19.6. The van der Waals surface area contributed by atoms with Crippen LogP contribution in [0, 0.1) is 0 Å². The molecule has 3 rings (SSSR count). The zero-order valence-electron chi connectivity index (χ0n) is 13.8. The molecule has 0 atom stereocenters. The van der Waals surface area contributed by atoms with E-state index in [-0.39, 0.29) is 5.91 Å². The van der Waals surface area contributed by atoms with Crippen molar-refractivity contribution in [2.45, 2.75) is 6.55 Å². The molecular formula is C17H19N3O3Si. The Morgan fingerprint density at radius 1 is 1.12 bits per heavy atom. The van der Waals surface area contributed by atoms with Gasteiger partial charge in [0.1, 0.15) is 0 Å². The van der Waals surface area contributed by atoms with E-state index in [0.29, 0.717) is 5.56 Å². The standard InChI is InChI=1S/C17H19N3O3Si/c1-22-24(3,23-2)14-7-5-13(6-8-14)20-17(21)12-4-9-15-16(10-12)19-11-18-15/h4-11H,1-3H3,(H,18,19)(H,20,21). The van der Waals surface area contributed by atoms with Crippen molar-refractivity contribution in [3.63, 3.8) is 0 Å². The number of carbonyl (C=O) groups is 1. The normalized spacial score (nSPS) is 11.6. The fraction of sp³-hybridized carbons (Fsp3) is 0.176. The molecule has 124 valence electrons. The number of imidazole rings is 1. The van der Waals surface area contributed by atoms with Crippen LogP contribution in [0.25, 0.3) is 11.0 Å². The van der Waals surface area contributed by atoms with Gasteiger partial charge in [-0.25, -0.2) is 4.98 Å². The van der Waals surface area contributed by atoms with Gasteiger partial charge in [0.15, 0.2) is 0 Å². The van der Waals surface area contributed by atoms with Gasteiger partial charge in [-0.3, -0.25) is 4.79 Å². The summed E-state index contributed by atoms with van der Waals surface area (Å²) in [6.07, 6.45) is 1.61. The van der Waals surface area contributed by atoms with Crippen LogP contribution in [-0.2, 0) is 8.85 Å². The maximum atomic E-state index is 12.4. The van der Waals surface area contributed by atoms with Gasteiger partial charge in [0.05, 0.1) is 17.4 Å². The van der Waals surface area contributed by atoms with Gasteiger partial charge in [0.25, 0.3) is 5.91 Å². The first-order valence-corrected chi connectivity index (χ1v) is 9.83. The molecule has 1 aromatic heterocycles. The number of benzene rings is 2. The Balaban J connectivity index is 1.76. The van der Waals surface area contributed by atoms with Crippen LogP contribution < -0.4 is 10.5 Å². The lowest BCUT2D eigenvalue weighted by Crippen LogP contribution is -2.49. The molecule has 0 spiro atoms. The van der Waals surface area contributed by atoms with Gasteiger partial charge in [-0.2, -0.15) is 0 Å². The third kappa shape index (κ3) is 3.09. The van der Waals surface area contributed by atoms with Crippen LogP contribution in [0.4, 0.5) is 5.69 Å². The SMILES string of the molecule is CO[Si](C)(OC)c1ccc(NC(=O)c2ccc3[nH]cnc3c2)cc1. The Hall–Kier alpha value is -2.48. The lowest BCUT2D eigenvalue weighted by molar-refractivity contribution is 0.102. The number of nitrogens with one attached hydrogen (secondary N) is 2. The number of fused-ring (bicyclic) bond motifs is 1. The predicted octanol–water partition coefficient (Wildman–Crippen LogP) is 2.39. The summed E-state index contributed by atoms with van der Waals surface area (Å²) < 4.78 is 11.0. The van der Waals surface area contributed by atoms with Crippen LogP contribution in [0.15, 0.2) is 48.8 Å². The molecular weight excluding hydrogens is 322 g/mol. The smallest absolute Gasteiger partial charge is 0.368 e. The number of rotatable bonds is 5. The van der Waals surface area contributed by atoms with Crippen molar-refractivity contribution in [1.29, 1.82) is 0 Å². The van der Waals surface area contributed by atoms with E-state index in [1.54, 1.807) is 32.7 Å². The summed E-state index contributed by atoms with van der Waals surface area (Å²) in [6, 6.07) is 12.9.